The predicted molar refractivity (Wildman–Crippen MR) is 134 cm³/mol. The number of benzene rings is 1. The second-order valence-electron chi connectivity index (χ2n) is 7.85. The Kier molecular flexibility index (Phi) is 5.14. The van der Waals surface area contributed by atoms with Gasteiger partial charge in [-0.05, 0) is 41.4 Å². The minimum atomic E-state index is -0.519. The summed E-state index contributed by atoms with van der Waals surface area (Å²) in [6, 6.07) is 11.1. The molecule has 0 heterocycles. The van der Waals surface area contributed by atoms with Crippen molar-refractivity contribution in [2.24, 2.45) is 0 Å². The van der Waals surface area contributed by atoms with E-state index >= 15 is 0 Å². The van der Waals surface area contributed by atoms with Gasteiger partial charge in [-0.3, -0.25) is 0 Å². The molecule has 0 radical (unpaired) electrons. The third-order valence-corrected chi connectivity index (χ3v) is 10.2. The Balaban J connectivity index is 1.64. The van der Waals surface area contributed by atoms with Crippen molar-refractivity contribution in [3.05, 3.63) is 121 Å². The molecule has 3 heteroatoms. The van der Waals surface area contributed by atoms with Gasteiger partial charge in [-0.15, -0.1) is 0 Å². The topological polar surface area (TPSA) is 0 Å². The highest BCUT2D eigenvalue weighted by Crippen LogP contribution is 2.58. The van der Waals surface area contributed by atoms with Crippen molar-refractivity contribution in [1.82, 2.24) is 0 Å². The van der Waals surface area contributed by atoms with Crippen LogP contribution >= 0.6 is 39.8 Å². The van der Waals surface area contributed by atoms with E-state index in [2.05, 4.69) is 125 Å². The highest BCUT2D eigenvalue weighted by Gasteiger charge is 2.38. The highest BCUT2D eigenvalue weighted by atomic mass is 79.9. The zero-order chi connectivity index (χ0) is 20.1. The molecule has 4 aliphatic rings. The van der Waals surface area contributed by atoms with E-state index in [1.165, 1.54) is 47.7 Å². The molecule has 0 spiro atoms. The van der Waals surface area contributed by atoms with Crippen molar-refractivity contribution >= 4 is 45.1 Å². The predicted octanol–water partition coefficient (Wildman–Crippen LogP) is 7.74. The number of hydrogen-bond donors (Lipinski definition) is 0. The van der Waals surface area contributed by atoms with Crippen LogP contribution in [0.2, 0.25) is 0 Å². The molecule has 5 rings (SSSR count). The van der Waals surface area contributed by atoms with Crippen LogP contribution in [0, 0.1) is 0 Å². The zero-order valence-corrected chi connectivity index (χ0v) is 20.4. The van der Waals surface area contributed by atoms with Gasteiger partial charge in [0.15, 0.2) is 0 Å². The van der Waals surface area contributed by atoms with Crippen molar-refractivity contribution in [1.29, 1.82) is 0 Å². The number of allylic oxidation sites excluding steroid dienone is 16. The van der Waals surface area contributed by atoms with Gasteiger partial charge < -0.3 is 0 Å². The van der Waals surface area contributed by atoms with E-state index in [0.717, 1.165) is 0 Å². The van der Waals surface area contributed by atoms with Crippen LogP contribution in [0.5, 0.6) is 0 Å². The molecule has 0 aliphatic heterocycles. The van der Waals surface area contributed by atoms with Gasteiger partial charge in [-0.2, -0.15) is 0 Å². The lowest BCUT2D eigenvalue weighted by Crippen LogP contribution is -2.25. The maximum atomic E-state index is 3.78. The first kappa shape index (κ1) is 19.5. The molecule has 4 aliphatic carbocycles. The Labute approximate surface area is 190 Å². The average molecular weight is 524 g/mol. The maximum Gasteiger partial charge on any atom is 0.0280 e. The number of halogens is 2. The zero-order valence-electron chi connectivity index (χ0n) is 16.4. The lowest BCUT2D eigenvalue weighted by atomic mass is 10.0. The number of rotatable bonds is 3. The molecule has 0 saturated carbocycles. The Morgan fingerprint density at radius 3 is 1.66 bits per heavy atom. The third-order valence-electron chi connectivity index (χ3n) is 5.79. The minimum absolute atomic E-state index is 0.395. The molecule has 0 amide bonds. The van der Waals surface area contributed by atoms with Gasteiger partial charge in [-0.1, -0.05) is 130 Å². The summed E-state index contributed by atoms with van der Waals surface area (Å²) < 4.78 is 2.39. The maximum absolute atomic E-state index is 3.78. The van der Waals surface area contributed by atoms with Crippen LogP contribution in [-0.4, -0.2) is 11.3 Å². The van der Waals surface area contributed by atoms with E-state index in [9.17, 15) is 0 Å². The van der Waals surface area contributed by atoms with Crippen molar-refractivity contribution in [3.8, 4) is 0 Å². The highest BCUT2D eigenvalue weighted by molar-refractivity contribution is 9.12. The van der Waals surface area contributed by atoms with Gasteiger partial charge in [0.25, 0.3) is 0 Å². The summed E-state index contributed by atoms with van der Waals surface area (Å²) in [7, 11) is -0.519. The molecule has 0 fully saturated rings. The lowest BCUT2D eigenvalue weighted by Gasteiger charge is -2.37. The van der Waals surface area contributed by atoms with E-state index in [1.807, 2.05) is 0 Å². The van der Waals surface area contributed by atoms with E-state index in [1.54, 1.807) is 0 Å². The fourth-order valence-electron chi connectivity index (χ4n) is 4.57. The molecule has 0 nitrogen and oxygen atoms in total. The largest absolute Gasteiger partial charge is 0.0712 e. The molecular weight excluding hydrogens is 503 g/mol. The first-order valence-corrected chi connectivity index (χ1v) is 12.9. The monoisotopic (exact) mass is 522 g/mol. The van der Waals surface area contributed by atoms with Crippen LogP contribution in [0.3, 0.4) is 0 Å². The summed E-state index contributed by atoms with van der Waals surface area (Å²) >= 11 is 7.56. The fraction of sp³-hybridized carbons (Fsp3) is 0.154. The van der Waals surface area contributed by atoms with E-state index in [-0.39, 0.29) is 0 Å². The number of hydrogen-bond acceptors (Lipinski definition) is 0. The van der Waals surface area contributed by atoms with Crippen molar-refractivity contribution in [3.63, 3.8) is 0 Å². The summed E-state index contributed by atoms with van der Waals surface area (Å²) in [4.78, 5) is 0. The summed E-state index contributed by atoms with van der Waals surface area (Å²) in [5.41, 5.74) is 9.08. The second kappa shape index (κ2) is 7.65. The average Bonchev–Trinajstić information content (AvgIpc) is 3.30. The molecule has 0 bridgehead atoms. The van der Waals surface area contributed by atoms with Crippen molar-refractivity contribution in [2.75, 3.05) is 0 Å². The molecule has 0 aromatic heterocycles. The Hall–Kier alpha value is -1.47. The van der Waals surface area contributed by atoms with Gasteiger partial charge >= 0.3 is 0 Å². The molecule has 144 valence electrons. The summed E-state index contributed by atoms with van der Waals surface area (Å²) in [5.74, 6) is 0. The summed E-state index contributed by atoms with van der Waals surface area (Å²) in [6.07, 6.45) is 18.8. The Morgan fingerprint density at radius 1 is 0.690 bits per heavy atom. The minimum Gasteiger partial charge on any atom is -0.0712 e. The van der Waals surface area contributed by atoms with Crippen LogP contribution in [0.1, 0.15) is 13.8 Å². The molecule has 2 atom stereocenters. The third kappa shape index (κ3) is 3.40. The molecule has 0 N–H and O–H groups in total. The van der Waals surface area contributed by atoms with Gasteiger partial charge in [0.05, 0.1) is 0 Å². The van der Waals surface area contributed by atoms with Crippen molar-refractivity contribution < 1.29 is 0 Å². The SMILES string of the molecule is CC1=CC2=C(Br)C=CC(P(c3ccccc3)C3C=CC(Br)=C4C=C(C)C=C43)C2=C1. The first-order valence-electron chi connectivity index (χ1n) is 9.83. The van der Waals surface area contributed by atoms with Gasteiger partial charge in [-0.25, -0.2) is 0 Å². The summed E-state index contributed by atoms with van der Waals surface area (Å²) in [5, 5.41) is 1.46. The molecule has 1 aromatic carbocycles. The van der Waals surface area contributed by atoms with Gasteiger partial charge in [0, 0.05) is 20.3 Å². The van der Waals surface area contributed by atoms with E-state index in [4.69, 9.17) is 0 Å². The van der Waals surface area contributed by atoms with Crippen molar-refractivity contribution in [2.45, 2.75) is 25.2 Å². The molecule has 29 heavy (non-hydrogen) atoms. The van der Waals surface area contributed by atoms with E-state index in [0.29, 0.717) is 11.3 Å². The van der Waals surface area contributed by atoms with Crippen LogP contribution < -0.4 is 5.30 Å². The quantitative estimate of drug-likeness (QED) is 0.355. The van der Waals surface area contributed by atoms with Crippen LogP contribution in [-0.2, 0) is 0 Å². The summed E-state index contributed by atoms with van der Waals surface area (Å²) in [6.45, 7) is 4.40. The van der Waals surface area contributed by atoms with Gasteiger partial charge in [0.1, 0.15) is 0 Å². The smallest absolute Gasteiger partial charge is 0.0280 e. The second-order valence-corrected chi connectivity index (χ2v) is 12.0. The first-order chi connectivity index (χ1) is 14.0. The lowest BCUT2D eigenvalue weighted by molar-refractivity contribution is 1.17. The number of fused-ring (bicyclic) bond motifs is 2. The Bertz CT molecular complexity index is 1060. The Morgan fingerprint density at radius 2 is 1.17 bits per heavy atom. The molecule has 2 unspecified atom stereocenters. The molecular formula is C26H21Br2P. The van der Waals surface area contributed by atoms with Crippen LogP contribution in [0.4, 0.5) is 0 Å². The molecule has 0 saturated heterocycles. The van der Waals surface area contributed by atoms with Crippen LogP contribution in [0.25, 0.3) is 0 Å². The normalized spacial score (nSPS) is 26.1. The fourth-order valence-corrected chi connectivity index (χ4v) is 8.64. The molecule has 1 aromatic rings. The van der Waals surface area contributed by atoms with Gasteiger partial charge in [0.2, 0.25) is 0 Å². The van der Waals surface area contributed by atoms with Crippen LogP contribution in [0.15, 0.2) is 121 Å². The standard InChI is InChI=1S/C26H21Br2P/c1-16-12-19-21(14-16)25(10-8-23(19)27)29(18-6-4-3-5-7-18)26-11-9-24(28)20-13-17(2)15-22(20)26/h3-15,25-26H,1-2H3. The van der Waals surface area contributed by atoms with E-state index < -0.39 is 7.92 Å².